The van der Waals surface area contributed by atoms with E-state index in [-0.39, 0.29) is 11.5 Å². The van der Waals surface area contributed by atoms with E-state index < -0.39 is 15.4 Å². The van der Waals surface area contributed by atoms with Crippen LogP contribution in [0, 0.1) is 0 Å². The Balaban J connectivity index is 2.30. The highest BCUT2D eigenvalue weighted by Gasteiger charge is 2.31. The van der Waals surface area contributed by atoms with Gasteiger partial charge in [0.15, 0.2) is 0 Å². The van der Waals surface area contributed by atoms with Gasteiger partial charge in [0.2, 0.25) is 0 Å². The van der Waals surface area contributed by atoms with Crippen LogP contribution in [0.15, 0.2) is 0 Å². The molecule has 0 aromatic rings. The Labute approximate surface area is 111 Å². The lowest BCUT2D eigenvalue weighted by molar-refractivity contribution is -0.0277. The monoisotopic (exact) mass is 277 g/mol. The fourth-order valence-electron chi connectivity index (χ4n) is 2.52. The molecule has 0 amide bonds. The fourth-order valence-corrected chi connectivity index (χ4v) is 3.40. The zero-order valence-corrected chi connectivity index (χ0v) is 12.5. The highest BCUT2D eigenvalue weighted by Crippen LogP contribution is 2.27. The molecule has 1 aliphatic heterocycles. The highest BCUT2D eigenvalue weighted by atomic mass is 32.2. The molecule has 0 spiro atoms. The van der Waals surface area contributed by atoms with Gasteiger partial charge in [-0.1, -0.05) is 13.8 Å². The number of hydrogen-bond acceptors (Lipinski definition) is 4. The van der Waals surface area contributed by atoms with Gasteiger partial charge in [-0.15, -0.1) is 0 Å². The van der Waals surface area contributed by atoms with Crippen LogP contribution in [0.2, 0.25) is 0 Å². The van der Waals surface area contributed by atoms with E-state index in [4.69, 9.17) is 0 Å². The second-order valence-electron chi connectivity index (χ2n) is 5.41. The smallest absolute Gasteiger partial charge is 0.150 e. The second kappa shape index (κ2) is 6.87. The van der Waals surface area contributed by atoms with Crippen LogP contribution in [0.1, 0.15) is 46.0 Å². The van der Waals surface area contributed by atoms with Gasteiger partial charge >= 0.3 is 0 Å². The van der Waals surface area contributed by atoms with Gasteiger partial charge in [-0.2, -0.15) is 0 Å². The van der Waals surface area contributed by atoms with Gasteiger partial charge in [0.25, 0.3) is 0 Å². The first-order chi connectivity index (χ1) is 8.41. The molecule has 1 fully saturated rings. The zero-order chi connectivity index (χ0) is 13.6. The lowest BCUT2D eigenvalue weighted by Crippen LogP contribution is -2.44. The molecule has 0 saturated carbocycles. The van der Waals surface area contributed by atoms with Crippen LogP contribution in [0.4, 0.5) is 0 Å². The van der Waals surface area contributed by atoms with Gasteiger partial charge in [-0.05, 0) is 38.6 Å². The molecule has 0 aliphatic carbocycles. The second-order valence-corrected chi connectivity index (χ2v) is 7.88. The predicted molar refractivity (Wildman–Crippen MR) is 74.5 cm³/mol. The van der Waals surface area contributed by atoms with Crippen LogP contribution < -0.4 is 0 Å². The molecule has 4 nitrogen and oxygen atoms in total. The van der Waals surface area contributed by atoms with E-state index in [9.17, 15) is 13.5 Å². The largest absolute Gasteiger partial charge is 0.390 e. The minimum Gasteiger partial charge on any atom is -0.390 e. The Morgan fingerprint density at radius 3 is 2.33 bits per heavy atom. The normalized spacial score (nSPS) is 21.1. The molecule has 18 heavy (non-hydrogen) atoms. The fraction of sp³-hybridized carbons (Fsp3) is 1.00. The average Bonchev–Trinajstić information content (AvgIpc) is 2.32. The van der Waals surface area contributed by atoms with Crippen molar-refractivity contribution in [2.45, 2.75) is 51.6 Å². The van der Waals surface area contributed by atoms with E-state index in [1.807, 2.05) is 0 Å². The lowest BCUT2D eigenvalue weighted by Gasteiger charge is -2.38. The van der Waals surface area contributed by atoms with Gasteiger partial charge in [-0.25, -0.2) is 8.42 Å². The van der Waals surface area contributed by atoms with Crippen molar-refractivity contribution in [3.63, 3.8) is 0 Å². The van der Waals surface area contributed by atoms with E-state index in [0.29, 0.717) is 12.8 Å². The first-order valence-corrected chi connectivity index (χ1v) is 8.88. The van der Waals surface area contributed by atoms with Gasteiger partial charge in [0.1, 0.15) is 9.84 Å². The predicted octanol–water partition coefficient (Wildman–Crippen LogP) is 1.44. The molecule has 108 valence electrons. The number of rotatable bonds is 7. The van der Waals surface area contributed by atoms with Crippen LogP contribution in [0.3, 0.4) is 0 Å². The minimum absolute atomic E-state index is 0.204. The molecule has 1 aliphatic rings. The summed E-state index contributed by atoms with van der Waals surface area (Å²) in [7, 11) is -2.89. The summed E-state index contributed by atoms with van der Waals surface area (Å²) in [6.45, 7) is 6.81. The van der Waals surface area contributed by atoms with Gasteiger partial charge < -0.3 is 10.0 Å². The first-order valence-electron chi connectivity index (χ1n) is 7.06. The Hall–Kier alpha value is -0.130. The number of piperidine rings is 1. The van der Waals surface area contributed by atoms with E-state index in [0.717, 1.165) is 38.9 Å². The van der Waals surface area contributed by atoms with E-state index in [1.165, 1.54) is 0 Å². The maximum absolute atomic E-state index is 11.4. The van der Waals surface area contributed by atoms with E-state index in [1.54, 1.807) is 6.92 Å². The van der Waals surface area contributed by atoms with Crippen molar-refractivity contribution in [1.82, 2.24) is 4.90 Å². The quantitative estimate of drug-likeness (QED) is 0.765. The van der Waals surface area contributed by atoms with E-state index in [2.05, 4.69) is 11.8 Å². The summed E-state index contributed by atoms with van der Waals surface area (Å²) < 4.78 is 22.8. The molecule has 1 saturated heterocycles. The number of nitrogens with zero attached hydrogens (tertiary/aromatic N) is 1. The van der Waals surface area contributed by atoms with Crippen LogP contribution in [-0.2, 0) is 9.84 Å². The molecular formula is C13H27NO3S. The molecule has 0 radical (unpaired) electrons. The Morgan fingerprint density at radius 1 is 1.22 bits per heavy atom. The first kappa shape index (κ1) is 15.9. The van der Waals surface area contributed by atoms with Gasteiger partial charge in [-0.3, -0.25) is 0 Å². The van der Waals surface area contributed by atoms with Crippen LogP contribution in [0.5, 0.6) is 0 Å². The maximum Gasteiger partial charge on any atom is 0.150 e. The summed E-state index contributed by atoms with van der Waals surface area (Å²) in [5.41, 5.74) is -0.631. The SMILES string of the molecule is CCCN1CCC(O)(CCCS(=O)(=O)CC)CC1. The van der Waals surface area contributed by atoms with Crippen LogP contribution in [-0.4, -0.2) is 55.2 Å². The molecule has 1 heterocycles. The number of hydrogen-bond donors (Lipinski definition) is 1. The van der Waals surface area contributed by atoms with Crippen molar-refractivity contribution in [3.8, 4) is 0 Å². The molecule has 0 bridgehead atoms. The van der Waals surface area contributed by atoms with E-state index >= 15 is 0 Å². The van der Waals surface area contributed by atoms with Crippen molar-refractivity contribution in [2.24, 2.45) is 0 Å². The number of likely N-dealkylation sites (tertiary alicyclic amines) is 1. The summed E-state index contributed by atoms with van der Waals surface area (Å²) >= 11 is 0. The summed E-state index contributed by atoms with van der Waals surface area (Å²) in [5.74, 6) is 0.417. The van der Waals surface area contributed by atoms with Crippen molar-refractivity contribution >= 4 is 9.84 Å². The average molecular weight is 277 g/mol. The zero-order valence-electron chi connectivity index (χ0n) is 11.7. The van der Waals surface area contributed by atoms with Crippen LogP contribution >= 0.6 is 0 Å². The summed E-state index contributed by atoms with van der Waals surface area (Å²) in [6, 6.07) is 0. The third-order valence-corrected chi connectivity index (χ3v) is 5.65. The molecule has 0 unspecified atom stereocenters. The topological polar surface area (TPSA) is 57.6 Å². The van der Waals surface area contributed by atoms with Gasteiger partial charge in [0, 0.05) is 18.8 Å². The number of sulfone groups is 1. The van der Waals surface area contributed by atoms with Crippen molar-refractivity contribution in [2.75, 3.05) is 31.1 Å². The Kier molecular flexibility index (Phi) is 6.08. The molecule has 1 N–H and O–H groups in total. The third-order valence-electron chi connectivity index (χ3n) is 3.86. The molecule has 1 rings (SSSR count). The molecule has 0 aromatic heterocycles. The number of aliphatic hydroxyl groups is 1. The maximum atomic E-state index is 11.4. The summed E-state index contributed by atoms with van der Waals surface area (Å²) in [5, 5.41) is 10.4. The Morgan fingerprint density at radius 2 is 1.83 bits per heavy atom. The molecule has 5 heteroatoms. The summed E-state index contributed by atoms with van der Waals surface area (Å²) in [4.78, 5) is 2.37. The van der Waals surface area contributed by atoms with Crippen molar-refractivity contribution < 1.29 is 13.5 Å². The molecule has 0 aromatic carbocycles. The third kappa shape index (κ3) is 5.24. The van der Waals surface area contributed by atoms with Crippen molar-refractivity contribution in [3.05, 3.63) is 0 Å². The lowest BCUT2D eigenvalue weighted by atomic mass is 9.87. The molecular weight excluding hydrogens is 250 g/mol. The highest BCUT2D eigenvalue weighted by molar-refractivity contribution is 7.91. The van der Waals surface area contributed by atoms with Crippen LogP contribution in [0.25, 0.3) is 0 Å². The standard InChI is InChI=1S/C13H27NO3S/c1-3-9-14-10-7-13(15,8-11-14)6-5-12-18(16,17)4-2/h15H,3-12H2,1-2H3. The minimum atomic E-state index is -2.89. The molecule has 0 atom stereocenters. The van der Waals surface area contributed by atoms with Gasteiger partial charge in [0.05, 0.1) is 11.4 Å². The summed E-state index contributed by atoms with van der Waals surface area (Å²) in [6.07, 6.45) is 3.90. The van der Waals surface area contributed by atoms with Crippen molar-refractivity contribution in [1.29, 1.82) is 0 Å². The Bertz CT molecular complexity index is 332.